The van der Waals surface area contributed by atoms with E-state index < -0.39 is 0 Å². The number of amides is 1. The Hall–Kier alpha value is -1.57. The SMILES string of the molecule is CCCCCc1cc(CCC(=O)NC)c2c(c1)CC(C)(C)C1CCC(C)=C[C@@H]21. The third kappa shape index (κ3) is 4.53. The van der Waals surface area contributed by atoms with Crippen LogP contribution in [0.4, 0.5) is 0 Å². The van der Waals surface area contributed by atoms with Gasteiger partial charge in [0.1, 0.15) is 0 Å². The van der Waals surface area contributed by atoms with Crippen LogP contribution in [0.15, 0.2) is 23.8 Å². The molecule has 2 aliphatic rings. The van der Waals surface area contributed by atoms with Crippen LogP contribution in [0.2, 0.25) is 0 Å². The molecule has 0 bridgehead atoms. The number of nitrogens with one attached hydrogen (secondary N) is 1. The van der Waals surface area contributed by atoms with Gasteiger partial charge in [-0.15, -0.1) is 0 Å². The van der Waals surface area contributed by atoms with E-state index in [0.29, 0.717) is 23.7 Å². The average Bonchev–Trinajstić information content (AvgIpc) is 2.65. The van der Waals surface area contributed by atoms with Gasteiger partial charge < -0.3 is 5.32 Å². The molecule has 1 aromatic carbocycles. The number of hydrogen-bond donors (Lipinski definition) is 1. The molecule has 0 radical (unpaired) electrons. The van der Waals surface area contributed by atoms with Gasteiger partial charge in [0.2, 0.25) is 5.91 Å². The van der Waals surface area contributed by atoms with Crippen LogP contribution < -0.4 is 5.32 Å². The third-order valence-electron chi connectivity index (χ3n) is 7.11. The predicted octanol–water partition coefficient (Wildman–Crippen LogP) is 6.12. The Balaban J connectivity index is 2.02. The van der Waals surface area contributed by atoms with Gasteiger partial charge in [-0.05, 0) is 79.0 Å². The standard InChI is InChI=1S/C26H39NO/c1-6-7-8-9-19-15-20(11-13-24(28)27-5)25-21(16-19)17-26(3,4)23-12-10-18(2)14-22(23)25/h14-16,22-23H,6-13,17H2,1-5H3,(H,27,28)/t22-,23?/m1/s1. The normalized spacial score (nSPS) is 22.8. The highest BCUT2D eigenvalue weighted by atomic mass is 16.1. The second kappa shape index (κ2) is 8.84. The summed E-state index contributed by atoms with van der Waals surface area (Å²) < 4.78 is 0. The maximum atomic E-state index is 12.0. The molecule has 154 valence electrons. The van der Waals surface area contributed by atoms with E-state index in [1.807, 2.05) is 0 Å². The maximum absolute atomic E-state index is 12.0. The van der Waals surface area contributed by atoms with Crippen molar-refractivity contribution in [2.45, 2.75) is 91.4 Å². The van der Waals surface area contributed by atoms with E-state index in [1.165, 1.54) is 55.2 Å². The van der Waals surface area contributed by atoms with Gasteiger partial charge in [-0.3, -0.25) is 4.79 Å². The number of rotatable bonds is 7. The fourth-order valence-electron chi connectivity index (χ4n) is 5.58. The van der Waals surface area contributed by atoms with Gasteiger partial charge in [-0.2, -0.15) is 0 Å². The van der Waals surface area contributed by atoms with Crippen molar-refractivity contribution >= 4 is 5.91 Å². The minimum atomic E-state index is 0.146. The molecule has 0 aromatic heterocycles. The number of carbonyl (C=O) groups is 1. The predicted molar refractivity (Wildman–Crippen MR) is 119 cm³/mol. The molecule has 0 spiro atoms. The van der Waals surface area contributed by atoms with Crippen molar-refractivity contribution in [2.24, 2.45) is 11.3 Å². The minimum Gasteiger partial charge on any atom is -0.359 e. The van der Waals surface area contributed by atoms with E-state index in [4.69, 9.17) is 0 Å². The lowest BCUT2D eigenvalue weighted by Crippen LogP contribution is -2.38. The first-order valence-electron chi connectivity index (χ1n) is 11.4. The number of hydrogen-bond acceptors (Lipinski definition) is 1. The van der Waals surface area contributed by atoms with Gasteiger partial charge in [-0.25, -0.2) is 0 Å². The van der Waals surface area contributed by atoms with Gasteiger partial charge in [-0.1, -0.05) is 57.4 Å². The third-order valence-corrected chi connectivity index (χ3v) is 7.11. The first-order valence-corrected chi connectivity index (χ1v) is 11.4. The molecular weight excluding hydrogens is 342 g/mol. The highest BCUT2D eigenvalue weighted by Crippen LogP contribution is 2.53. The van der Waals surface area contributed by atoms with E-state index >= 15 is 0 Å². The average molecular weight is 382 g/mol. The number of carbonyl (C=O) groups excluding carboxylic acids is 1. The molecule has 2 heteroatoms. The molecule has 0 saturated heterocycles. The molecule has 0 heterocycles. The molecule has 1 N–H and O–H groups in total. The molecule has 28 heavy (non-hydrogen) atoms. The smallest absolute Gasteiger partial charge is 0.220 e. The Bertz CT molecular complexity index is 743. The molecule has 2 nitrogen and oxygen atoms in total. The Morgan fingerprint density at radius 1 is 1.21 bits per heavy atom. The number of fused-ring (bicyclic) bond motifs is 3. The summed E-state index contributed by atoms with van der Waals surface area (Å²) in [7, 11) is 1.74. The minimum absolute atomic E-state index is 0.146. The van der Waals surface area contributed by atoms with Gasteiger partial charge in [0.05, 0.1) is 0 Å². The summed E-state index contributed by atoms with van der Waals surface area (Å²) in [6.45, 7) is 9.50. The molecule has 0 saturated carbocycles. The topological polar surface area (TPSA) is 29.1 Å². The first-order chi connectivity index (χ1) is 13.4. The Kier molecular flexibility index (Phi) is 6.68. The summed E-state index contributed by atoms with van der Waals surface area (Å²) in [6.07, 6.45) is 12.7. The zero-order chi connectivity index (χ0) is 20.3. The lowest BCUT2D eigenvalue weighted by molar-refractivity contribution is -0.120. The van der Waals surface area contributed by atoms with Gasteiger partial charge >= 0.3 is 0 Å². The second-order valence-electron chi connectivity index (χ2n) is 9.81. The van der Waals surface area contributed by atoms with Crippen LogP contribution in [0.25, 0.3) is 0 Å². The van der Waals surface area contributed by atoms with Gasteiger partial charge in [0, 0.05) is 19.4 Å². The fourth-order valence-corrected chi connectivity index (χ4v) is 5.58. The van der Waals surface area contributed by atoms with Gasteiger partial charge in [0.15, 0.2) is 0 Å². The van der Waals surface area contributed by atoms with Crippen molar-refractivity contribution in [1.82, 2.24) is 5.32 Å². The van der Waals surface area contributed by atoms with Crippen molar-refractivity contribution < 1.29 is 4.79 Å². The van der Waals surface area contributed by atoms with E-state index in [2.05, 4.69) is 51.2 Å². The van der Waals surface area contributed by atoms with Crippen LogP contribution in [0, 0.1) is 11.3 Å². The Morgan fingerprint density at radius 3 is 2.71 bits per heavy atom. The van der Waals surface area contributed by atoms with Crippen molar-refractivity contribution in [1.29, 1.82) is 0 Å². The molecule has 0 fully saturated rings. The lowest BCUT2D eigenvalue weighted by atomic mass is 9.57. The zero-order valence-corrected chi connectivity index (χ0v) is 18.7. The van der Waals surface area contributed by atoms with Crippen LogP contribution in [-0.2, 0) is 24.1 Å². The fraction of sp³-hybridized carbons (Fsp3) is 0.654. The van der Waals surface area contributed by atoms with Crippen LogP contribution in [0.5, 0.6) is 0 Å². The molecule has 2 aliphatic carbocycles. The largest absolute Gasteiger partial charge is 0.359 e. The van der Waals surface area contributed by atoms with E-state index in [-0.39, 0.29) is 5.91 Å². The Labute approximate surface area is 172 Å². The van der Waals surface area contributed by atoms with Crippen molar-refractivity contribution in [3.05, 3.63) is 46.0 Å². The van der Waals surface area contributed by atoms with E-state index in [9.17, 15) is 4.79 Å². The van der Waals surface area contributed by atoms with Crippen LogP contribution in [0.3, 0.4) is 0 Å². The molecule has 3 rings (SSSR count). The Morgan fingerprint density at radius 2 is 2.00 bits per heavy atom. The summed E-state index contributed by atoms with van der Waals surface area (Å²) in [4.78, 5) is 12.0. The van der Waals surface area contributed by atoms with E-state index in [1.54, 1.807) is 18.2 Å². The quantitative estimate of drug-likeness (QED) is 0.447. The van der Waals surface area contributed by atoms with Crippen molar-refractivity contribution in [3.8, 4) is 0 Å². The van der Waals surface area contributed by atoms with E-state index in [0.717, 1.165) is 12.8 Å². The highest BCUT2D eigenvalue weighted by molar-refractivity contribution is 5.75. The van der Waals surface area contributed by atoms with Crippen LogP contribution >= 0.6 is 0 Å². The van der Waals surface area contributed by atoms with Crippen LogP contribution in [0.1, 0.15) is 94.4 Å². The first kappa shape index (κ1) is 21.1. The molecule has 1 amide bonds. The summed E-state index contributed by atoms with van der Waals surface area (Å²) >= 11 is 0. The second-order valence-corrected chi connectivity index (χ2v) is 9.81. The molecular formula is C26H39NO. The lowest BCUT2D eigenvalue weighted by Gasteiger charge is -2.47. The number of aryl methyl sites for hydroxylation is 2. The molecule has 0 aliphatic heterocycles. The van der Waals surface area contributed by atoms with Crippen molar-refractivity contribution in [2.75, 3.05) is 7.05 Å². The monoisotopic (exact) mass is 381 g/mol. The summed E-state index contributed by atoms with van der Waals surface area (Å²) in [5, 5.41) is 2.80. The summed E-state index contributed by atoms with van der Waals surface area (Å²) in [5.74, 6) is 1.39. The van der Waals surface area contributed by atoms with Crippen molar-refractivity contribution in [3.63, 3.8) is 0 Å². The summed E-state index contributed by atoms with van der Waals surface area (Å²) in [5.41, 5.74) is 7.90. The molecule has 1 aromatic rings. The molecule has 1 unspecified atom stereocenters. The summed E-state index contributed by atoms with van der Waals surface area (Å²) in [6, 6.07) is 4.94. The number of unbranched alkanes of at least 4 members (excludes halogenated alkanes) is 2. The highest BCUT2D eigenvalue weighted by Gasteiger charge is 2.43. The number of allylic oxidation sites excluding steroid dienone is 2. The van der Waals surface area contributed by atoms with Crippen LogP contribution in [-0.4, -0.2) is 13.0 Å². The molecule has 2 atom stereocenters. The maximum Gasteiger partial charge on any atom is 0.220 e. The van der Waals surface area contributed by atoms with Gasteiger partial charge in [0.25, 0.3) is 0 Å². The number of benzene rings is 1. The zero-order valence-electron chi connectivity index (χ0n) is 18.7.